The average Bonchev–Trinajstić information content (AvgIpc) is 2.93. The largest absolute Gasteiger partial charge is 0.458 e. The summed E-state index contributed by atoms with van der Waals surface area (Å²) in [6.07, 6.45) is -5.93. The molecular weight excluding hydrogens is 358 g/mol. The lowest BCUT2D eigenvalue weighted by Gasteiger charge is -2.25. The molecule has 0 radical (unpaired) electrons. The average molecular weight is 367 g/mol. The maximum Gasteiger partial charge on any atom is 0.458 e. The third-order valence-corrected chi connectivity index (χ3v) is 3.98. The lowest BCUT2D eigenvalue weighted by molar-refractivity contribution is -0.291. The second-order valence-corrected chi connectivity index (χ2v) is 5.48. The summed E-state index contributed by atoms with van der Waals surface area (Å²) < 4.78 is 106. The molecule has 0 fully saturated rings. The maximum atomic E-state index is 14.5. The van der Waals surface area contributed by atoms with Crippen molar-refractivity contribution < 1.29 is 35.1 Å². The first kappa shape index (κ1) is 17.5. The van der Waals surface area contributed by atoms with E-state index in [1.54, 1.807) is 18.2 Å². The van der Waals surface area contributed by atoms with Crippen molar-refractivity contribution in [1.29, 1.82) is 0 Å². The van der Waals surface area contributed by atoms with Crippen LogP contribution >= 0.6 is 0 Å². The molecule has 2 aromatic carbocycles. The van der Waals surface area contributed by atoms with Crippen LogP contribution in [0.1, 0.15) is 11.1 Å². The molecule has 9 heteroatoms. The number of rotatable bonds is 2. The molecule has 0 spiro atoms. The van der Waals surface area contributed by atoms with E-state index in [1.807, 2.05) is 0 Å². The molecule has 1 aliphatic heterocycles. The number of halogens is 8. The van der Waals surface area contributed by atoms with Crippen LogP contribution in [0.15, 0.2) is 30.3 Å². The van der Waals surface area contributed by atoms with Crippen molar-refractivity contribution in [2.45, 2.75) is 18.5 Å². The second kappa shape index (κ2) is 5.60. The number of hydrogen-bond donors (Lipinski definition) is 0. The van der Waals surface area contributed by atoms with Crippen LogP contribution in [0.3, 0.4) is 0 Å². The third-order valence-electron chi connectivity index (χ3n) is 3.98. The Kier molecular flexibility index (Phi) is 3.92. The van der Waals surface area contributed by atoms with E-state index in [0.717, 1.165) is 4.90 Å². The van der Waals surface area contributed by atoms with Gasteiger partial charge in [-0.15, -0.1) is 0 Å². The summed E-state index contributed by atoms with van der Waals surface area (Å²) in [4.78, 5) is 1.04. The predicted octanol–water partition coefficient (Wildman–Crippen LogP) is 5.45. The molecule has 134 valence electrons. The molecule has 25 heavy (non-hydrogen) atoms. The topological polar surface area (TPSA) is 3.24 Å². The second-order valence-electron chi connectivity index (χ2n) is 5.48. The first-order valence-electron chi connectivity index (χ1n) is 7.03. The normalized spacial score (nSPS) is 14.8. The first-order valence-corrected chi connectivity index (χ1v) is 7.03. The molecule has 0 N–H and O–H groups in total. The van der Waals surface area contributed by atoms with Gasteiger partial charge in [-0.25, -0.2) is 13.2 Å². The standard InChI is InChI=1S/C16H9F8N/c17-9-7-11(25-6-5-8-3-1-2-4-10(8)25)14(19)12(13(9)18)15(20,21)16(22,23)24/h1-4,7H,5-6H2. The number of alkyl halides is 5. The molecule has 0 aliphatic carbocycles. The van der Waals surface area contributed by atoms with E-state index in [2.05, 4.69) is 0 Å². The zero-order chi connectivity index (χ0) is 18.6. The number of hydrogen-bond acceptors (Lipinski definition) is 1. The molecule has 2 aromatic rings. The third kappa shape index (κ3) is 2.61. The first-order chi connectivity index (χ1) is 11.6. The van der Waals surface area contributed by atoms with E-state index < -0.39 is 40.8 Å². The number of fused-ring (bicyclic) bond motifs is 1. The molecular formula is C16H9F8N. The SMILES string of the molecule is Fc1cc(N2CCc3ccccc32)c(F)c(C(F)(F)C(F)(F)F)c1F. The molecule has 3 rings (SSSR count). The van der Waals surface area contributed by atoms with Crippen molar-refractivity contribution in [3.05, 3.63) is 58.9 Å². The monoisotopic (exact) mass is 367 g/mol. The van der Waals surface area contributed by atoms with E-state index in [9.17, 15) is 35.1 Å². The van der Waals surface area contributed by atoms with Gasteiger partial charge >= 0.3 is 12.1 Å². The minimum absolute atomic E-state index is 0.0262. The van der Waals surface area contributed by atoms with Crippen molar-refractivity contribution >= 4 is 11.4 Å². The summed E-state index contributed by atoms with van der Waals surface area (Å²) in [5.41, 5.74) is -2.51. The van der Waals surface area contributed by atoms with Crippen LogP contribution in [0.5, 0.6) is 0 Å². The fourth-order valence-corrected chi connectivity index (χ4v) is 2.79. The van der Waals surface area contributed by atoms with E-state index in [0.29, 0.717) is 17.7 Å². The van der Waals surface area contributed by atoms with Gasteiger partial charge in [-0.3, -0.25) is 0 Å². The summed E-state index contributed by atoms with van der Waals surface area (Å²) in [6.45, 7) is 0.0262. The smallest absolute Gasteiger partial charge is 0.338 e. The summed E-state index contributed by atoms with van der Waals surface area (Å²) in [6, 6.07) is 6.61. The van der Waals surface area contributed by atoms with E-state index in [-0.39, 0.29) is 12.6 Å². The molecule has 0 amide bonds. The Labute approximate surface area is 136 Å². The Morgan fingerprint density at radius 1 is 0.840 bits per heavy atom. The van der Waals surface area contributed by atoms with Crippen molar-refractivity contribution in [3.63, 3.8) is 0 Å². The maximum absolute atomic E-state index is 14.5. The Hall–Kier alpha value is -2.32. The van der Waals surface area contributed by atoms with Crippen LogP contribution < -0.4 is 4.90 Å². The van der Waals surface area contributed by atoms with Crippen molar-refractivity contribution in [3.8, 4) is 0 Å². The van der Waals surface area contributed by atoms with Gasteiger partial charge in [-0.2, -0.15) is 22.0 Å². The lowest BCUT2D eigenvalue weighted by atomic mass is 10.0. The molecule has 0 aromatic heterocycles. The quantitative estimate of drug-likeness (QED) is 0.504. The summed E-state index contributed by atoms with van der Waals surface area (Å²) in [5.74, 6) is -12.6. The van der Waals surface area contributed by atoms with Crippen LogP contribution in [0, 0.1) is 17.5 Å². The van der Waals surface area contributed by atoms with Gasteiger partial charge in [0.05, 0.1) is 5.69 Å². The Balaban J connectivity index is 2.22. The summed E-state index contributed by atoms with van der Waals surface area (Å²) in [7, 11) is 0. The Bertz CT molecular complexity index is 828. The molecule has 1 heterocycles. The van der Waals surface area contributed by atoms with Crippen LogP contribution in [0.2, 0.25) is 0 Å². The van der Waals surface area contributed by atoms with Gasteiger partial charge in [0.1, 0.15) is 5.56 Å². The fourth-order valence-electron chi connectivity index (χ4n) is 2.79. The van der Waals surface area contributed by atoms with Gasteiger partial charge in [-0.05, 0) is 18.1 Å². The van der Waals surface area contributed by atoms with Gasteiger partial charge < -0.3 is 4.90 Å². The molecule has 0 saturated heterocycles. The number of benzene rings is 2. The highest BCUT2D eigenvalue weighted by atomic mass is 19.4. The van der Waals surface area contributed by atoms with Crippen LogP contribution in [0.25, 0.3) is 0 Å². The number of nitrogens with zero attached hydrogens (tertiary/aromatic N) is 1. The number of anilines is 2. The van der Waals surface area contributed by atoms with E-state index >= 15 is 0 Å². The van der Waals surface area contributed by atoms with Gasteiger partial charge in [0.2, 0.25) is 0 Å². The van der Waals surface area contributed by atoms with Crippen LogP contribution in [-0.2, 0) is 12.3 Å². The van der Waals surface area contributed by atoms with Crippen LogP contribution in [0.4, 0.5) is 46.5 Å². The molecule has 0 bridgehead atoms. The molecule has 0 atom stereocenters. The lowest BCUT2D eigenvalue weighted by Crippen LogP contribution is -2.36. The molecule has 1 aliphatic rings. The van der Waals surface area contributed by atoms with Crippen molar-refractivity contribution in [2.24, 2.45) is 0 Å². The highest BCUT2D eigenvalue weighted by Gasteiger charge is 2.62. The van der Waals surface area contributed by atoms with Crippen molar-refractivity contribution in [1.82, 2.24) is 0 Å². The Morgan fingerprint density at radius 3 is 2.12 bits per heavy atom. The molecule has 1 nitrogen and oxygen atoms in total. The predicted molar refractivity (Wildman–Crippen MR) is 73.4 cm³/mol. The van der Waals surface area contributed by atoms with Gasteiger partial charge in [0.25, 0.3) is 0 Å². The zero-order valence-corrected chi connectivity index (χ0v) is 12.3. The van der Waals surface area contributed by atoms with E-state index in [4.69, 9.17) is 0 Å². The summed E-state index contributed by atoms with van der Waals surface area (Å²) in [5, 5.41) is 0. The number of para-hydroxylation sites is 1. The van der Waals surface area contributed by atoms with Crippen molar-refractivity contribution in [2.75, 3.05) is 11.4 Å². The zero-order valence-electron chi connectivity index (χ0n) is 12.3. The van der Waals surface area contributed by atoms with Crippen LogP contribution in [-0.4, -0.2) is 12.7 Å². The minimum atomic E-state index is -6.28. The van der Waals surface area contributed by atoms with Gasteiger partial charge in [0, 0.05) is 18.3 Å². The van der Waals surface area contributed by atoms with Gasteiger partial charge in [-0.1, -0.05) is 18.2 Å². The minimum Gasteiger partial charge on any atom is -0.338 e. The molecule has 0 saturated carbocycles. The fraction of sp³-hybridized carbons (Fsp3) is 0.250. The highest BCUT2D eigenvalue weighted by molar-refractivity contribution is 5.71. The van der Waals surface area contributed by atoms with Gasteiger partial charge in [0.15, 0.2) is 17.5 Å². The highest BCUT2D eigenvalue weighted by Crippen LogP contribution is 2.48. The Morgan fingerprint density at radius 2 is 1.48 bits per heavy atom. The van der Waals surface area contributed by atoms with E-state index in [1.165, 1.54) is 6.07 Å². The molecule has 0 unspecified atom stereocenters. The summed E-state index contributed by atoms with van der Waals surface area (Å²) >= 11 is 0.